The van der Waals surface area contributed by atoms with Gasteiger partial charge in [-0.05, 0) is 17.7 Å². The van der Waals surface area contributed by atoms with E-state index < -0.39 is 0 Å². The Morgan fingerprint density at radius 2 is 2.36 bits per heavy atom. The van der Waals surface area contributed by atoms with Crippen molar-refractivity contribution in [2.45, 2.75) is 6.04 Å². The Morgan fingerprint density at radius 1 is 1.57 bits per heavy atom. The lowest BCUT2D eigenvalue weighted by atomic mass is 10.1. The van der Waals surface area contributed by atoms with Gasteiger partial charge >= 0.3 is 0 Å². The zero-order valence-corrected chi connectivity index (χ0v) is 9.31. The lowest BCUT2D eigenvalue weighted by molar-refractivity contribution is 0.226. The highest BCUT2D eigenvalue weighted by Gasteiger charge is 2.29. The predicted octanol–water partition coefficient (Wildman–Crippen LogP) is 3.18. The van der Waals surface area contributed by atoms with E-state index in [0.717, 1.165) is 16.3 Å². The first-order valence-corrected chi connectivity index (χ1v) is 5.70. The summed E-state index contributed by atoms with van der Waals surface area (Å²) in [6, 6.07) is 7.85. The number of rotatable bonds is 1. The van der Waals surface area contributed by atoms with Crippen LogP contribution in [-0.2, 0) is 0 Å². The van der Waals surface area contributed by atoms with Crippen LogP contribution in [0.2, 0.25) is 5.02 Å². The molecular formula is C10H10ClNOS. The number of hydrogen-bond acceptors (Lipinski definition) is 2. The van der Waals surface area contributed by atoms with E-state index in [1.54, 1.807) is 4.90 Å². The first-order valence-electron chi connectivity index (χ1n) is 4.33. The molecule has 1 aromatic rings. The topological polar surface area (TPSA) is 20.3 Å². The van der Waals surface area contributed by atoms with E-state index in [-0.39, 0.29) is 11.3 Å². The van der Waals surface area contributed by atoms with Crippen LogP contribution in [0, 0.1) is 0 Å². The average molecular weight is 228 g/mol. The molecule has 1 atom stereocenters. The Balaban J connectivity index is 2.28. The van der Waals surface area contributed by atoms with Crippen molar-refractivity contribution in [2.24, 2.45) is 0 Å². The fraction of sp³-hybridized carbons (Fsp3) is 0.300. The van der Waals surface area contributed by atoms with Gasteiger partial charge in [0.2, 0.25) is 0 Å². The SMILES string of the molecule is CN1C(=O)SCC1c1cccc(Cl)c1. The molecule has 0 aromatic heterocycles. The number of thioether (sulfide) groups is 1. The fourth-order valence-electron chi connectivity index (χ4n) is 1.52. The molecule has 74 valence electrons. The highest BCUT2D eigenvalue weighted by Crippen LogP contribution is 2.34. The summed E-state index contributed by atoms with van der Waals surface area (Å²) < 4.78 is 0. The average Bonchev–Trinajstić information content (AvgIpc) is 2.48. The van der Waals surface area contributed by atoms with E-state index in [9.17, 15) is 4.79 Å². The molecule has 0 saturated carbocycles. The molecule has 1 amide bonds. The molecule has 1 unspecified atom stereocenters. The molecule has 1 saturated heterocycles. The number of carbonyl (C=O) groups is 1. The van der Waals surface area contributed by atoms with Crippen LogP contribution in [0.5, 0.6) is 0 Å². The summed E-state index contributed by atoms with van der Waals surface area (Å²) in [5, 5.41) is 0.857. The van der Waals surface area contributed by atoms with E-state index in [0.29, 0.717) is 0 Å². The standard InChI is InChI=1S/C10H10ClNOS/c1-12-9(6-14-10(12)13)7-3-2-4-8(11)5-7/h2-5,9H,6H2,1H3. The fourth-order valence-corrected chi connectivity index (χ4v) is 2.77. The van der Waals surface area contributed by atoms with Crippen molar-refractivity contribution < 1.29 is 4.79 Å². The molecule has 0 bridgehead atoms. The van der Waals surface area contributed by atoms with Crippen molar-refractivity contribution in [3.05, 3.63) is 34.9 Å². The lowest BCUT2D eigenvalue weighted by Crippen LogP contribution is -2.21. The van der Waals surface area contributed by atoms with Crippen molar-refractivity contribution in [1.82, 2.24) is 4.90 Å². The quantitative estimate of drug-likeness (QED) is 0.735. The minimum Gasteiger partial charge on any atom is -0.329 e. The van der Waals surface area contributed by atoms with Gasteiger partial charge in [-0.25, -0.2) is 0 Å². The highest BCUT2D eigenvalue weighted by atomic mass is 35.5. The second-order valence-corrected chi connectivity index (χ2v) is 4.67. The number of hydrogen-bond donors (Lipinski definition) is 0. The minimum atomic E-state index is 0.134. The Hall–Kier alpha value is -0.670. The van der Waals surface area contributed by atoms with Crippen LogP contribution >= 0.6 is 23.4 Å². The number of carbonyl (C=O) groups excluding carboxylic acids is 1. The van der Waals surface area contributed by atoms with E-state index in [1.807, 2.05) is 31.3 Å². The Kier molecular flexibility index (Phi) is 2.70. The monoisotopic (exact) mass is 227 g/mol. The van der Waals surface area contributed by atoms with Gasteiger partial charge in [0, 0.05) is 17.8 Å². The van der Waals surface area contributed by atoms with Gasteiger partial charge in [-0.3, -0.25) is 4.79 Å². The second kappa shape index (κ2) is 3.83. The normalized spacial score (nSPS) is 21.7. The van der Waals surface area contributed by atoms with Gasteiger partial charge in [0.15, 0.2) is 0 Å². The summed E-state index contributed by atoms with van der Waals surface area (Å²) in [4.78, 5) is 13.1. The van der Waals surface area contributed by atoms with Crippen LogP contribution in [0.25, 0.3) is 0 Å². The predicted molar refractivity (Wildman–Crippen MR) is 59.8 cm³/mol. The smallest absolute Gasteiger partial charge is 0.282 e. The minimum absolute atomic E-state index is 0.134. The molecule has 0 radical (unpaired) electrons. The first-order chi connectivity index (χ1) is 6.68. The van der Waals surface area contributed by atoms with Gasteiger partial charge < -0.3 is 4.90 Å². The summed E-state index contributed by atoms with van der Waals surface area (Å²) in [6.07, 6.45) is 0. The van der Waals surface area contributed by atoms with Gasteiger partial charge in [-0.15, -0.1) is 0 Å². The van der Waals surface area contributed by atoms with E-state index in [1.165, 1.54) is 11.8 Å². The molecule has 2 nitrogen and oxygen atoms in total. The Labute approximate surface area is 92.2 Å². The number of nitrogens with zero attached hydrogens (tertiary/aromatic N) is 1. The number of benzene rings is 1. The number of halogens is 1. The molecule has 2 rings (SSSR count). The van der Waals surface area contributed by atoms with Gasteiger partial charge in [-0.1, -0.05) is 35.5 Å². The Morgan fingerprint density at radius 3 is 2.93 bits per heavy atom. The maximum absolute atomic E-state index is 11.3. The third-order valence-corrected chi connectivity index (χ3v) is 3.61. The van der Waals surface area contributed by atoms with Crippen LogP contribution in [0.1, 0.15) is 11.6 Å². The zero-order valence-electron chi connectivity index (χ0n) is 7.74. The van der Waals surface area contributed by atoms with Crippen molar-refractivity contribution in [3.63, 3.8) is 0 Å². The van der Waals surface area contributed by atoms with Gasteiger partial charge in [0.05, 0.1) is 6.04 Å². The van der Waals surface area contributed by atoms with Crippen LogP contribution < -0.4 is 0 Å². The van der Waals surface area contributed by atoms with Crippen LogP contribution in [-0.4, -0.2) is 22.9 Å². The molecule has 1 fully saturated rings. The largest absolute Gasteiger partial charge is 0.329 e. The van der Waals surface area contributed by atoms with Crippen LogP contribution in [0.3, 0.4) is 0 Å². The molecule has 4 heteroatoms. The van der Waals surface area contributed by atoms with E-state index >= 15 is 0 Å². The third kappa shape index (κ3) is 1.74. The third-order valence-electron chi connectivity index (χ3n) is 2.35. The van der Waals surface area contributed by atoms with Crippen molar-refractivity contribution in [1.29, 1.82) is 0 Å². The molecule has 1 heterocycles. The molecular weight excluding hydrogens is 218 g/mol. The molecule has 0 aliphatic carbocycles. The number of amides is 1. The van der Waals surface area contributed by atoms with Crippen LogP contribution in [0.4, 0.5) is 4.79 Å². The molecule has 0 spiro atoms. The molecule has 0 N–H and O–H groups in total. The molecule has 1 aliphatic rings. The summed E-state index contributed by atoms with van der Waals surface area (Å²) in [6.45, 7) is 0. The molecule has 1 aromatic carbocycles. The van der Waals surface area contributed by atoms with Crippen molar-refractivity contribution in [2.75, 3.05) is 12.8 Å². The maximum atomic E-state index is 11.3. The van der Waals surface area contributed by atoms with E-state index in [2.05, 4.69) is 0 Å². The second-order valence-electron chi connectivity index (χ2n) is 3.26. The molecule has 14 heavy (non-hydrogen) atoms. The maximum Gasteiger partial charge on any atom is 0.282 e. The van der Waals surface area contributed by atoms with Crippen molar-refractivity contribution in [3.8, 4) is 0 Å². The summed E-state index contributed by atoms with van der Waals surface area (Å²) in [5.74, 6) is 0.815. The molecule has 1 aliphatic heterocycles. The summed E-state index contributed by atoms with van der Waals surface area (Å²) >= 11 is 7.26. The van der Waals surface area contributed by atoms with E-state index in [4.69, 9.17) is 11.6 Å². The van der Waals surface area contributed by atoms with Gasteiger partial charge in [0.1, 0.15) is 0 Å². The highest BCUT2D eigenvalue weighted by molar-refractivity contribution is 8.13. The Bertz CT molecular complexity index is 369. The summed E-state index contributed by atoms with van der Waals surface area (Å²) in [5.41, 5.74) is 1.11. The first kappa shape index (κ1) is 9.87. The van der Waals surface area contributed by atoms with Crippen molar-refractivity contribution >= 4 is 28.6 Å². The van der Waals surface area contributed by atoms with Gasteiger partial charge in [-0.2, -0.15) is 0 Å². The van der Waals surface area contributed by atoms with Gasteiger partial charge in [0.25, 0.3) is 5.24 Å². The summed E-state index contributed by atoms with van der Waals surface area (Å²) in [7, 11) is 1.83. The zero-order chi connectivity index (χ0) is 10.1. The van der Waals surface area contributed by atoms with Crippen LogP contribution in [0.15, 0.2) is 24.3 Å². The lowest BCUT2D eigenvalue weighted by Gasteiger charge is -2.18.